The Balaban J connectivity index is 1.31. The number of nitrogens with one attached hydrogen (secondary N) is 1. The summed E-state index contributed by atoms with van der Waals surface area (Å²) < 4.78 is 5.12. The molecule has 140 valence electrons. The SMILES string of the molecule is C[C@H](NC(=O)COC(=O)c1ccc(O)cc1)C12CC3CC(CC(C3)C1)C2. The summed E-state index contributed by atoms with van der Waals surface area (Å²) in [5.41, 5.74) is 0.565. The summed E-state index contributed by atoms with van der Waals surface area (Å²) in [7, 11) is 0. The normalized spacial score (nSPS) is 32.9. The molecule has 4 aliphatic rings. The molecular weight excluding hydrogens is 330 g/mol. The number of phenols is 1. The highest BCUT2D eigenvalue weighted by Crippen LogP contribution is 2.61. The Labute approximate surface area is 154 Å². The van der Waals surface area contributed by atoms with Crippen LogP contribution in [0.15, 0.2) is 24.3 Å². The number of carbonyl (C=O) groups excluding carboxylic acids is 2. The molecule has 26 heavy (non-hydrogen) atoms. The third-order valence-electron chi connectivity index (χ3n) is 6.82. The Morgan fingerprint density at radius 3 is 2.19 bits per heavy atom. The molecule has 1 amide bonds. The van der Waals surface area contributed by atoms with Gasteiger partial charge < -0.3 is 15.2 Å². The zero-order valence-electron chi connectivity index (χ0n) is 15.2. The van der Waals surface area contributed by atoms with Crippen molar-refractivity contribution < 1.29 is 19.4 Å². The lowest BCUT2D eigenvalue weighted by Gasteiger charge is -2.59. The topological polar surface area (TPSA) is 75.6 Å². The number of benzene rings is 1. The fourth-order valence-corrected chi connectivity index (χ4v) is 5.96. The fourth-order valence-electron chi connectivity index (χ4n) is 5.96. The van der Waals surface area contributed by atoms with Crippen LogP contribution in [0.4, 0.5) is 0 Å². The van der Waals surface area contributed by atoms with Crippen molar-refractivity contribution in [3.63, 3.8) is 0 Å². The molecule has 1 aromatic rings. The predicted molar refractivity (Wildman–Crippen MR) is 96.6 cm³/mol. The molecule has 5 heteroatoms. The van der Waals surface area contributed by atoms with Gasteiger partial charge in [-0.05, 0) is 92.9 Å². The van der Waals surface area contributed by atoms with E-state index in [0.717, 1.165) is 17.8 Å². The van der Waals surface area contributed by atoms with E-state index in [0.29, 0.717) is 5.56 Å². The lowest BCUT2D eigenvalue weighted by atomic mass is 9.48. The van der Waals surface area contributed by atoms with E-state index >= 15 is 0 Å². The van der Waals surface area contributed by atoms with Gasteiger partial charge in [-0.2, -0.15) is 0 Å². The van der Waals surface area contributed by atoms with Crippen molar-refractivity contribution in [3.05, 3.63) is 29.8 Å². The second kappa shape index (κ2) is 6.60. The number of esters is 1. The summed E-state index contributed by atoms with van der Waals surface area (Å²) in [5.74, 6) is 1.82. The summed E-state index contributed by atoms with van der Waals surface area (Å²) in [4.78, 5) is 24.3. The molecule has 5 rings (SSSR count). The highest BCUT2D eigenvalue weighted by atomic mass is 16.5. The van der Waals surface area contributed by atoms with Gasteiger partial charge in [0.1, 0.15) is 5.75 Å². The van der Waals surface area contributed by atoms with Crippen LogP contribution in [0.2, 0.25) is 0 Å². The van der Waals surface area contributed by atoms with Gasteiger partial charge in [0.2, 0.25) is 0 Å². The number of aromatic hydroxyl groups is 1. The molecule has 4 saturated carbocycles. The summed E-state index contributed by atoms with van der Waals surface area (Å²) in [6, 6.07) is 5.93. The second-order valence-electron chi connectivity index (χ2n) is 8.69. The lowest BCUT2D eigenvalue weighted by molar-refractivity contribution is -0.128. The molecule has 1 aromatic carbocycles. The van der Waals surface area contributed by atoms with E-state index in [2.05, 4.69) is 12.2 Å². The molecule has 2 N–H and O–H groups in total. The number of hydrogen-bond acceptors (Lipinski definition) is 4. The number of carbonyl (C=O) groups is 2. The van der Waals surface area contributed by atoms with Gasteiger partial charge in [0.15, 0.2) is 6.61 Å². The van der Waals surface area contributed by atoms with Gasteiger partial charge in [0, 0.05) is 6.04 Å². The van der Waals surface area contributed by atoms with Gasteiger partial charge in [-0.1, -0.05) is 0 Å². The van der Waals surface area contributed by atoms with Gasteiger partial charge in [-0.25, -0.2) is 4.79 Å². The average Bonchev–Trinajstić information content (AvgIpc) is 2.59. The summed E-state index contributed by atoms with van der Waals surface area (Å²) >= 11 is 0. The number of amides is 1. The lowest BCUT2D eigenvalue weighted by Crippen LogP contribution is -2.56. The molecule has 4 aliphatic carbocycles. The molecule has 4 fully saturated rings. The molecule has 0 aromatic heterocycles. The van der Waals surface area contributed by atoms with Gasteiger partial charge in [0.25, 0.3) is 5.91 Å². The zero-order chi connectivity index (χ0) is 18.3. The molecule has 1 atom stereocenters. The molecular formula is C21H27NO4. The highest BCUT2D eigenvalue weighted by molar-refractivity contribution is 5.91. The van der Waals surface area contributed by atoms with Crippen molar-refractivity contribution in [3.8, 4) is 5.75 Å². The van der Waals surface area contributed by atoms with Crippen LogP contribution in [0.25, 0.3) is 0 Å². The largest absolute Gasteiger partial charge is 0.508 e. The number of rotatable bonds is 5. The Morgan fingerprint density at radius 1 is 1.12 bits per heavy atom. The minimum absolute atomic E-state index is 0.0868. The summed E-state index contributed by atoms with van der Waals surface area (Å²) in [6.07, 6.45) is 7.83. The second-order valence-corrected chi connectivity index (χ2v) is 8.69. The quantitative estimate of drug-likeness (QED) is 0.793. The average molecular weight is 357 g/mol. The molecule has 4 bridgehead atoms. The Hall–Kier alpha value is -2.04. The van der Waals surface area contributed by atoms with E-state index in [1.165, 1.54) is 62.8 Å². The van der Waals surface area contributed by atoms with E-state index < -0.39 is 5.97 Å². The third-order valence-corrected chi connectivity index (χ3v) is 6.82. The van der Waals surface area contributed by atoms with Crippen LogP contribution >= 0.6 is 0 Å². The number of phenolic OH excluding ortho intramolecular Hbond substituents is 1. The predicted octanol–water partition coefficient (Wildman–Crippen LogP) is 3.27. The van der Waals surface area contributed by atoms with E-state index in [1.807, 2.05) is 0 Å². The molecule has 0 saturated heterocycles. The van der Waals surface area contributed by atoms with Gasteiger partial charge in [0.05, 0.1) is 5.56 Å². The van der Waals surface area contributed by atoms with Crippen LogP contribution in [0.3, 0.4) is 0 Å². The van der Waals surface area contributed by atoms with Crippen molar-refractivity contribution in [1.29, 1.82) is 0 Å². The van der Waals surface area contributed by atoms with Crippen LogP contribution in [-0.2, 0) is 9.53 Å². The van der Waals surface area contributed by atoms with Crippen LogP contribution in [0.1, 0.15) is 55.8 Å². The first-order valence-corrected chi connectivity index (χ1v) is 9.69. The maximum atomic E-state index is 12.3. The molecule has 0 unspecified atom stereocenters. The smallest absolute Gasteiger partial charge is 0.338 e. The van der Waals surface area contributed by atoms with Crippen molar-refractivity contribution in [2.45, 2.75) is 51.5 Å². The summed E-state index contributed by atoms with van der Waals surface area (Å²) in [5, 5.41) is 12.4. The van der Waals surface area contributed by atoms with E-state index in [4.69, 9.17) is 4.74 Å². The van der Waals surface area contributed by atoms with Crippen molar-refractivity contribution in [2.75, 3.05) is 6.61 Å². The van der Waals surface area contributed by atoms with Crippen LogP contribution < -0.4 is 5.32 Å². The van der Waals surface area contributed by atoms with Gasteiger partial charge >= 0.3 is 5.97 Å². The molecule has 0 aliphatic heterocycles. The van der Waals surface area contributed by atoms with Crippen LogP contribution in [-0.4, -0.2) is 29.6 Å². The monoisotopic (exact) mass is 357 g/mol. The fraction of sp³-hybridized carbons (Fsp3) is 0.619. The van der Waals surface area contributed by atoms with Crippen molar-refractivity contribution in [1.82, 2.24) is 5.32 Å². The molecule has 0 heterocycles. The van der Waals surface area contributed by atoms with Gasteiger partial charge in [-0.15, -0.1) is 0 Å². The highest BCUT2D eigenvalue weighted by Gasteiger charge is 2.53. The summed E-state index contributed by atoms with van der Waals surface area (Å²) in [6.45, 7) is 1.85. The minimum atomic E-state index is -0.553. The molecule has 0 spiro atoms. The zero-order valence-corrected chi connectivity index (χ0v) is 15.2. The van der Waals surface area contributed by atoms with Crippen LogP contribution in [0, 0.1) is 23.2 Å². The van der Waals surface area contributed by atoms with E-state index in [9.17, 15) is 14.7 Å². The standard InChI is InChI=1S/C21H27NO4/c1-13(21-9-14-6-15(10-21)8-16(7-14)11-21)22-19(24)12-26-20(25)17-2-4-18(23)5-3-17/h2-5,13-16,23H,6-12H2,1H3,(H,22,24)/t13-,14?,15?,16?,21?/m0/s1. The Morgan fingerprint density at radius 2 is 1.65 bits per heavy atom. The first-order chi connectivity index (χ1) is 12.4. The van der Waals surface area contributed by atoms with Gasteiger partial charge in [-0.3, -0.25) is 4.79 Å². The molecule has 5 nitrogen and oxygen atoms in total. The first-order valence-electron chi connectivity index (χ1n) is 9.69. The Kier molecular flexibility index (Phi) is 4.41. The maximum Gasteiger partial charge on any atom is 0.338 e. The third kappa shape index (κ3) is 3.31. The number of ether oxygens (including phenoxy) is 1. The minimum Gasteiger partial charge on any atom is -0.508 e. The van der Waals surface area contributed by atoms with E-state index in [-0.39, 0.29) is 29.7 Å². The first kappa shape index (κ1) is 17.4. The van der Waals surface area contributed by atoms with Crippen LogP contribution in [0.5, 0.6) is 5.75 Å². The maximum absolute atomic E-state index is 12.3. The number of hydrogen-bond donors (Lipinski definition) is 2. The Bertz CT molecular complexity index is 661. The van der Waals surface area contributed by atoms with Crippen molar-refractivity contribution >= 4 is 11.9 Å². The van der Waals surface area contributed by atoms with Crippen molar-refractivity contribution in [2.24, 2.45) is 23.2 Å². The van der Waals surface area contributed by atoms with E-state index in [1.54, 1.807) is 0 Å². The molecule has 0 radical (unpaired) electrons.